The molecule has 1 N–H and O–H groups in total. The molecule has 0 aliphatic heterocycles. The van der Waals surface area contributed by atoms with Crippen LogP contribution in [0, 0.1) is 11.6 Å². The van der Waals surface area contributed by atoms with Crippen molar-refractivity contribution in [3.8, 4) is 5.75 Å². The van der Waals surface area contributed by atoms with Crippen molar-refractivity contribution in [3.05, 3.63) is 60.2 Å². The molecule has 0 saturated heterocycles. The van der Waals surface area contributed by atoms with Crippen LogP contribution in [0.25, 0.3) is 0 Å². The molecule has 2 aromatic rings. The lowest BCUT2D eigenvalue weighted by Crippen LogP contribution is -2.28. The molecule has 0 bridgehead atoms. The molecule has 0 aromatic heterocycles. The molecular weight excluding hydrogens is 300 g/mol. The summed E-state index contributed by atoms with van der Waals surface area (Å²) in [6.07, 6.45) is 0. The van der Waals surface area contributed by atoms with Gasteiger partial charge in [0.25, 0.3) is 0 Å². The predicted octanol–water partition coefficient (Wildman–Crippen LogP) is 2.32. The SMILES string of the molecule is O=S(=O)(NCCOc1ccc(F)cc1)c1cccc(F)c1. The summed E-state index contributed by atoms with van der Waals surface area (Å²) in [5.41, 5.74) is 0. The molecule has 112 valence electrons. The molecule has 0 atom stereocenters. The Kier molecular flexibility index (Phi) is 4.87. The van der Waals surface area contributed by atoms with E-state index in [9.17, 15) is 17.2 Å². The van der Waals surface area contributed by atoms with Crippen LogP contribution in [-0.4, -0.2) is 21.6 Å². The van der Waals surface area contributed by atoms with Crippen molar-refractivity contribution >= 4 is 10.0 Å². The summed E-state index contributed by atoms with van der Waals surface area (Å²) in [5.74, 6) is -0.573. The first-order chi connectivity index (χ1) is 9.97. The minimum Gasteiger partial charge on any atom is -0.492 e. The molecule has 7 heteroatoms. The summed E-state index contributed by atoms with van der Waals surface area (Å²) >= 11 is 0. The third-order valence-corrected chi connectivity index (χ3v) is 4.04. The molecule has 0 saturated carbocycles. The fourth-order valence-corrected chi connectivity index (χ4v) is 2.64. The molecule has 0 aliphatic rings. The summed E-state index contributed by atoms with van der Waals surface area (Å²) in [6, 6.07) is 10.1. The van der Waals surface area contributed by atoms with E-state index in [0.717, 1.165) is 12.1 Å². The fourth-order valence-electron chi connectivity index (χ4n) is 1.59. The van der Waals surface area contributed by atoms with Crippen LogP contribution in [-0.2, 0) is 10.0 Å². The van der Waals surface area contributed by atoms with E-state index in [4.69, 9.17) is 4.74 Å². The van der Waals surface area contributed by atoms with E-state index in [-0.39, 0.29) is 23.9 Å². The zero-order valence-corrected chi connectivity index (χ0v) is 11.7. The van der Waals surface area contributed by atoms with Crippen molar-refractivity contribution in [2.24, 2.45) is 0 Å². The third-order valence-electron chi connectivity index (χ3n) is 2.58. The lowest BCUT2D eigenvalue weighted by atomic mass is 10.3. The van der Waals surface area contributed by atoms with Crippen molar-refractivity contribution in [2.75, 3.05) is 13.2 Å². The maximum Gasteiger partial charge on any atom is 0.240 e. The molecule has 2 rings (SSSR count). The standard InChI is InChI=1S/C14H13F2NO3S/c15-11-4-6-13(7-5-11)20-9-8-17-21(18,19)14-3-1-2-12(16)10-14/h1-7,10,17H,8-9H2. The number of halogens is 2. The van der Waals surface area contributed by atoms with Crippen molar-refractivity contribution in [1.82, 2.24) is 4.72 Å². The van der Waals surface area contributed by atoms with Gasteiger partial charge in [-0.15, -0.1) is 0 Å². The van der Waals surface area contributed by atoms with Crippen molar-refractivity contribution in [1.29, 1.82) is 0 Å². The molecule has 4 nitrogen and oxygen atoms in total. The van der Waals surface area contributed by atoms with Crippen LogP contribution in [0.5, 0.6) is 5.75 Å². The van der Waals surface area contributed by atoms with Gasteiger partial charge in [0, 0.05) is 6.54 Å². The number of rotatable bonds is 6. The van der Waals surface area contributed by atoms with E-state index in [2.05, 4.69) is 4.72 Å². The molecule has 2 aromatic carbocycles. The molecule has 0 unspecified atom stereocenters. The maximum atomic E-state index is 13.0. The van der Waals surface area contributed by atoms with E-state index in [1.54, 1.807) is 0 Å². The van der Waals surface area contributed by atoms with E-state index in [0.29, 0.717) is 5.75 Å². The zero-order valence-electron chi connectivity index (χ0n) is 10.9. The normalized spacial score (nSPS) is 11.3. The van der Waals surface area contributed by atoms with Crippen LogP contribution in [0.4, 0.5) is 8.78 Å². The fraction of sp³-hybridized carbons (Fsp3) is 0.143. The van der Waals surface area contributed by atoms with Gasteiger partial charge in [-0.3, -0.25) is 0 Å². The molecule has 21 heavy (non-hydrogen) atoms. The number of hydrogen-bond donors (Lipinski definition) is 1. The first-order valence-corrected chi connectivity index (χ1v) is 7.59. The summed E-state index contributed by atoms with van der Waals surface area (Å²) in [7, 11) is -3.77. The average molecular weight is 313 g/mol. The van der Waals surface area contributed by atoms with Gasteiger partial charge in [-0.25, -0.2) is 21.9 Å². The first kappa shape index (κ1) is 15.4. The molecule has 0 heterocycles. The van der Waals surface area contributed by atoms with Gasteiger partial charge in [-0.05, 0) is 42.5 Å². The average Bonchev–Trinajstić information content (AvgIpc) is 2.45. The number of nitrogens with one attached hydrogen (secondary N) is 1. The van der Waals surface area contributed by atoms with Gasteiger partial charge < -0.3 is 4.74 Å². The number of benzene rings is 2. The highest BCUT2D eigenvalue weighted by Gasteiger charge is 2.13. The molecule has 0 spiro atoms. The molecule has 0 aliphatic carbocycles. The van der Waals surface area contributed by atoms with Crippen LogP contribution in [0.2, 0.25) is 0 Å². The van der Waals surface area contributed by atoms with Crippen molar-refractivity contribution in [3.63, 3.8) is 0 Å². The quantitative estimate of drug-likeness (QED) is 0.833. The Morgan fingerprint density at radius 1 is 1.00 bits per heavy atom. The van der Waals surface area contributed by atoms with Crippen molar-refractivity contribution in [2.45, 2.75) is 4.90 Å². The van der Waals surface area contributed by atoms with Gasteiger partial charge in [-0.2, -0.15) is 0 Å². The van der Waals surface area contributed by atoms with Gasteiger partial charge in [-0.1, -0.05) is 6.07 Å². The Balaban J connectivity index is 1.86. The maximum absolute atomic E-state index is 13.0. The lowest BCUT2D eigenvalue weighted by molar-refractivity contribution is 0.322. The second kappa shape index (κ2) is 6.64. The highest BCUT2D eigenvalue weighted by Crippen LogP contribution is 2.11. The minimum absolute atomic E-state index is 0.0101. The zero-order chi connectivity index (χ0) is 15.3. The topological polar surface area (TPSA) is 55.4 Å². The summed E-state index contributed by atoms with van der Waals surface area (Å²) in [4.78, 5) is -0.149. The summed E-state index contributed by atoms with van der Waals surface area (Å²) < 4.78 is 56.9. The highest BCUT2D eigenvalue weighted by molar-refractivity contribution is 7.89. The summed E-state index contributed by atoms with van der Waals surface area (Å²) in [6.45, 7) is 0.0798. The number of hydrogen-bond acceptors (Lipinski definition) is 3. The van der Waals surface area contributed by atoms with Gasteiger partial charge in [0.15, 0.2) is 0 Å². The second-order valence-electron chi connectivity index (χ2n) is 4.16. The minimum atomic E-state index is -3.77. The van der Waals surface area contributed by atoms with Crippen LogP contribution in [0.15, 0.2) is 53.4 Å². The third kappa shape index (κ3) is 4.51. The molecule has 0 radical (unpaired) electrons. The molecule has 0 amide bonds. The Labute approximate surface area is 121 Å². The monoisotopic (exact) mass is 313 g/mol. The van der Waals surface area contributed by atoms with E-state index < -0.39 is 15.8 Å². The van der Waals surface area contributed by atoms with Crippen LogP contribution in [0.1, 0.15) is 0 Å². The first-order valence-electron chi connectivity index (χ1n) is 6.11. The Hall–Kier alpha value is -1.99. The smallest absolute Gasteiger partial charge is 0.240 e. The van der Waals surface area contributed by atoms with E-state index in [1.165, 1.54) is 36.4 Å². The lowest BCUT2D eigenvalue weighted by Gasteiger charge is -2.08. The number of sulfonamides is 1. The van der Waals surface area contributed by atoms with Crippen LogP contribution in [0.3, 0.4) is 0 Å². The van der Waals surface area contributed by atoms with Crippen LogP contribution < -0.4 is 9.46 Å². The number of ether oxygens (including phenoxy) is 1. The Morgan fingerprint density at radius 2 is 1.71 bits per heavy atom. The van der Waals surface area contributed by atoms with E-state index in [1.807, 2.05) is 0 Å². The van der Waals surface area contributed by atoms with Gasteiger partial charge in [0.2, 0.25) is 10.0 Å². The Morgan fingerprint density at radius 3 is 2.38 bits per heavy atom. The second-order valence-corrected chi connectivity index (χ2v) is 5.92. The molecule has 0 fully saturated rings. The highest BCUT2D eigenvalue weighted by atomic mass is 32.2. The summed E-state index contributed by atoms with van der Waals surface area (Å²) in [5, 5.41) is 0. The van der Waals surface area contributed by atoms with Gasteiger partial charge >= 0.3 is 0 Å². The van der Waals surface area contributed by atoms with Crippen molar-refractivity contribution < 1.29 is 21.9 Å². The van der Waals surface area contributed by atoms with E-state index >= 15 is 0 Å². The predicted molar refractivity (Wildman–Crippen MR) is 73.5 cm³/mol. The van der Waals surface area contributed by atoms with Crippen LogP contribution >= 0.6 is 0 Å². The van der Waals surface area contributed by atoms with Gasteiger partial charge in [0.1, 0.15) is 24.0 Å². The largest absolute Gasteiger partial charge is 0.492 e. The Bertz CT molecular complexity index is 702. The molecular formula is C14H13F2NO3S. The van der Waals surface area contributed by atoms with Gasteiger partial charge in [0.05, 0.1) is 4.90 Å².